The molecule has 2 nitrogen and oxygen atoms in total. The standard InChI is InChI=1S/C15H16O2S/c1-10-4-5-11(2)14(8-10)17-9-13(16)15-7-6-12(3)18-15/h4-8H,9H2,1-3H3. The first-order valence-corrected chi connectivity index (χ1v) is 6.67. The molecule has 0 aliphatic carbocycles. The molecule has 0 aliphatic rings. The van der Waals surface area contributed by atoms with Gasteiger partial charge in [-0.2, -0.15) is 0 Å². The Balaban J connectivity index is 2.03. The summed E-state index contributed by atoms with van der Waals surface area (Å²) in [6.07, 6.45) is 0. The van der Waals surface area contributed by atoms with Crippen molar-refractivity contribution in [2.24, 2.45) is 0 Å². The van der Waals surface area contributed by atoms with Crippen molar-refractivity contribution < 1.29 is 9.53 Å². The highest BCUT2D eigenvalue weighted by Crippen LogP contribution is 2.20. The maximum Gasteiger partial charge on any atom is 0.210 e. The minimum absolute atomic E-state index is 0.0361. The molecule has 0 unspecified atom stereocenters. The first-order valence-electron chi connectivity index (χ1n) is 5.86. The Labute approximate surface area is 111 Å². The molecule has 0 saturated carbocycles. The normalized spacial score (nSPS) is 10.4. The number of hydrogen-bond acceptors (Lipinski definition) is 3. The van der Waals surface area contributed by atoms with Gasteiger partial charge in [0, 0.05) is 4.88 Å². The van der Waals surface area contributed by atoms with Crippen LogP contribution in [0.25, 0.3) is 0 Å². The van der Waals surface area contributed by atoms with Crippen LogP contribution in [0.1, 0.15) is 25.7 Å². The Bertz CT molecular complexity index is 570. The molecule has 2 aromatic rings. The van der Waals surface area contributed by atoms with Crippen LogP contribution in [-0.4, -0.2) is 12.4 Å². The van der Waals surface area contributed by atoms with E-state index in [1.807, 2.05) is 51.1 Å². The number of benzene rings is 1. The molecule has 18 heavy (non-hydrogen) atoms. The maximum absolute atomic E-state index is 11.9. The highest BCUT2D eigenvalue weighted by Gasteiger charge is 2.10. The monoisotopic (exact) mass is 260 g/mol. The predicted molar refractivity (Wildman–Crippen MR) is 74.8 cm³/mol. The Hall–Kier alpha value is -1.61. The molecule has 0 saturated heterocycles. The molecule has 0 fully saturated rings. The smallest absolute Gasteiger partial charge is 0.210 e. The number of carbonyl (C=O) groups excluding carboxylic acids is 1. The number of ketones is 1. The van der Waals surface area contributed by atoms with Crippen LogP contribution >= 0.6 is 11.3 Å². The first-order chi connectivity index (χ1) is 8.56. The molecule has 0 radical (unpaired) electrons. The van der Waals surface area contributed by atoms with Crippen molar-refractivity contribution in [1.82, 2.24) is 0 Å². The molecule has 94 valence electrons. The highest BCUT2D eigenvalue weighted by atomic mass is 32.1. The minimum Gasteiger partial charge on any atom is -0.485 e. The zero-order valence-electron chi connectivity index (χ0n) is 10.8. The second-order valence-electron chi connectivity index (χ2n) is 4.39. The fourth-order valence-corrected chi connectivity index (χ4v) is 2.45. The topological polar surface area (TPSA) is 26.3 Å². The molecular formula is C15H16O2S. The molecule has 1 heterocycles. The van der Waals surface area contributed by atoms with Crippen molar-refractivity contribution in [3.05, 3.63) is 51.2 Å². The summed E-state index contributed by atoms with van der Waals surface area (Å²) in [7, 11) is 0. The zero-order chi connectivity index (χ0) is 13.1. The van der Waals surface area contributed by atoms with E-state index in [9.17, 15) is 4.79 Å². The van der Waals surface area contributed by atoms with Gasteiger partial charge in [0.2, 0.25) is 5.78 Å². The van der Waals surface area contributed by atoms with Crippen molar-refractivity contribution in [2.75, 3.05) is 6.61 Å². The van der Waals surface area contributed by atoms with Gasteiger partial charge in [-0.1, -0.05) is 12.1 Å². The van der Waals surface area contributed by atoms with Crippen LogP contribution < -0.4 is 4.74 Å². The highest BCUT2D eigenvalue weighted by molar-refractivity contribution is 7.14. The first kappa shape index (κ1) is 12.8. The molecule has 3 heteroatoms. The van der Waals surface area contributed by atoms with Crippen LogP contribution in [0.5, 0.6) is 5.75 Å². The van der Waals surface area contributed by atoms with Crippen molar-refractivity contribution >= 4 is 17.1 Å². The predicted octanol–water partition coefficient (Wildman–Crippen LogP) is 3.94. The van der Waals surface area contributed by atoms with E-state index in [1.165, 1.54) is 11.3 Å². The fraction of sp³-hybridized carbons (Fsp3) is 0.267. The summed E-state index contributed by atoms with van der Waals surface area (Å²) in [5.41, 5.74) is 2.19. The lowest BCUT2D eigenvalue weighted by molar-refractivity contribution is 0.0925. The summed E-state index contributed by atoms with van der Waals surface area (Å²) in [6, 6.07) is 9.81. The lowest BCUT2D eigenvalue weighted by Gasteiger charge is -2.08. The van der Waals surface area contributed by atoms with E-state index >= 15 is 0 Å². The molecule has 1 aromatic heterocycles. The van der Waals surface area contributed by atoms with Gasteiger partial charge in [-0.25, -0.2) is 0 Å². The number of rotatable bonds is 4. The van der Waals surface area contributed by atoms with Gasteiger partial charge in [-0.15, -0.1) is 11.3 Å². The Morgan fingerprint density at radius 3 is 2.61 bits per heavy atom. The summed E-state index contributed by atoms with van der Waals surface area (Å²) < 4.78 is 5.60. The molecule has 0 atom stereocenters. The number of hydrogen-bond donors (Lipinski definition) is 0. The van der Waals surface area contributed by atoms with Crippen LogP contribution in [0.3, 0.4) is 0 Å². The van der Waals surface area contributed by atoms with Gasteiger partial charge in [0.15, 0.2) is 6.61 Å². The number of thiophene rings is 1. The molecule has 0 N–H and O–H groups in total. The number of aryl methyl sites for hydroxylation is 3. The minimum atomic E-state index is 0.0361. The number of carbonyl (C=O) groups is 1. The Kier molecular flexibility index (Phi) is 3.82. The van der Waals surface area contributed by atoms with Gasteiger partial charge in [0.1, 0.15) is 5.75 Å². The van der Waals surface area contributed by atoms with E-state index in [-0.39, 0.29) is 12.4 Å². The van der Waals surface area contributed by atoms with Crippen molar-refractivity contribution in [3.63, 3.8) is 0 Å². The van der Waals surface area contributed by atoms with Gasteiger partial charge in [-0.05, 0) is 50.1 Å². The molecule has 0 spiro atoms. The third-order valence-electron chi connectivity index (χ3n) is 2.72. The van der Waals surface area contributed by atoms with Gasteiger partial charge >= 0.3 is 0 Å². The second-order valence-corrected chi connectivity index (χ2v) is 5.68. The van der Waals surface area contributed by atoms with E-state index in [4.69, 9.17) is 4.74 Å². The van der Waals surface area contributed by atoms with Gasteiger partial charge in [-0.3, -0.25) is 4.79 Å². The fourth-order valence-electron chi connectivity index (χ4n) is 1.66. The molecule has 0 amide bonds. The number of ether oxygens (including phenoxy) is 1. The van der Waals surface area contributed by atoms with Crippen LogP contribution in [0.15, 0.2) is 30.3 Å². The largest absolute Gasteiger partial charge is 0.485 e. The zero-order valence-corrected chi connectivity index (χ0v) is 11.6. The summed E-state index contributed by atoms with van der Waals surface area (Å²) in [6.45, 7) is 6.09. The van der Waals surface area contributed by atoms with Gasteiger partial charge in [0.25, 0.3) is 0 Å². The Morgan fingerprint density at radius 2 is 1.94 bits per heavy atom. The summed E-state index contributed by atoms with van der Waals surface area (Å²) in [5.74, 6) is 0.825. The summed E-state index contributed by atoms with van der Waals surface area (Å²) >= 11 is 1.51. The van der Waals surface area contributed by atoms with Crippen LogP contribution in [0.4, 0.5) is 0 Å². The quantitative estimate of drug-likeness (QED) is 0.778. The van der Waals surface area contributed by atoms with Crippen LogP contribution in [0, 0.1) is 20.8 Å². The third kappa shape index (κ3) is 2.99. The molecule has 1 aromatic carbocycles. The average Bonchev–Trinajstić information content (AvgIpc) is 2.77. The van der Waals surface area contributed by atoms with Crippen molar-refractivity contribution in [1.29, 1.82) is 0 Å². The molecule has 0 bridgehead atoms. The third-order valence-corrected chi connectivity index (χ3v) is 3.76. The summed E-state index contributed by atoms with van der Waals surface area (Å²) in [4.78, 5) is 13.8. The molecular weight excluding hydrogens is 244 g/mol. The maximum atomic E-state index is 11.9. The van der Waals surface area contributed by atoms with Crippen LogP contribution in [0.2, 0.25) is 0 Å². The van der Waals surface area contributed by atoms with Gasteiger partial charge < -0.3 is 4.74 Å². The van der Waals surface area contributed by atoms with Crippen LogP contribution in [-0.2, 0) is 0 Å². The lowest BCUT2D eigenvalue weighted by Crippen LogP contribution is -2.10. The average molecular weight is 260 g/mol. The SMILES string of the molecule is Cc1ccc(C)c(OCC(=O)c2ccc(C)s2)c1. The van der Waals surface area contributed by atoms with E-state index in [0.717, 1.165) is 26.6 Å². The summed E-state index contributed by atoms with van der Waals surface area (Å²) in [5, 5.41) is 0. The van der Waals surface area contributed by atoms with E-state index in [2.05, 4.69) is 0 Å². The number of Topliss-reactive ketones (excluding diaryl/α,β-unsaturated/α-hetero) is 1. The molecule has 2 rings (SSSR count). The lowest BCUT2D eigenvalue weighted by atomic mass is 10.1. The van der Waals surface area contributed by atoms with E-state index in [0.29, 0.717) is 0 Å². The van der Waals surface area contributed by atoms with E-state index in [1.54, 1.807) is 0 Å². The second kappa shape index (κ2) is 5.36. The van der Waals surface area contributed by atoms with Crippen molar-refractivity contribution in [3.8, 4) is 5.75 Å². The van der Waals surface area contributed by atoms with Crippen molar-refractivity contribution in [2.45, 2.75) is 20.8 Å². The molecule has 0 aliphatic heterocycles. The van der Waals surface area contributed by atoms with Gasteiger partial charge in [0.05, 0.1) is 4.88 Å². The Morgan fingerprint density at radius 1 is 1.17 bits per heavy atom. The van der Waals surface area contributed by atoms with E-state index < -0.39 is 0 Å².